The van der Waals surface area contributed by atoms with Gasteiger partial charge in [0.15, 0.2) is 5.16 Å². The van der Waals surface area contributed by atoms with E-state index in [1.807, 2.05) is 11.5 Å². The number of hydrogen-bond acceptors (Lipinski definition) is 5. The van der Waals surface area contributed by atoms with E-state index in [-0.39, 0.29) is 5.56 Å². The predicted octanol–water partition coefficient (Wildman–Crippen LogP) is 1.29. The van der Waals surface area contributed by atoms with E-state index in [9.17, 15) is 9.18 Å². The Morgan fingerprint density at radius 3 is 2.76 bits per heavy atom. The highest BCUT2D eigenvalue weighted by atomic mass is 32.2. The zero-order valence-corrected chi connectivity index (χ0v) is 12.4. The van der Waals surface area contributed by atoms with Crippen LogP contribution >= 0.6 is 11.8 Å². The van der Waals surface area contributed by atoms with Gasteiger partial charge in [0.25, 0.3) is 0 Å². The van der Waals surface area contributed by atoms with Gasteiger partial charge in [-0.15, -0.1) is 10.2 Å². The molecular weight excluding hydrogens is 293 g/mol. The first-order valence-corrected chi connectivity index (χ1v) is 7.38. The molecule has 2 rings (SSSR count). The molecule has 0 aliphatic heterocycles. The number of thioether (sulfide) groups is 1. The van der Waals surface area contributed by atoms with Gasteiger partial charge in [-0.25, -0.2) is 4.39 Å². The number of amides is 1. The van der Waals surface area contributed by atoms with Gasteiger partial charge in [-0.3, -0.25) is 4.79 Å². The van der Waals surface area contributed by atoms with Gasteiger partial charge in [0.1, 0.15) is 11.6 Å². The number of carbonyl (C=O) groups excluding carboxylic acids is 1. The van der Waals surface area contributed by atoms with Crippen molar-refractivity contribution in [3.8, 4) is 0 Å². The molecule has 0 saturated heterocycles. The molecule has 0 unspecified atom stereocenters. The Hall–Kier alpha value is -1.93. The summed E-state index contributed by atoms with van der Waals surface area (Å²) in [5.74, 6) is -0.0236. The van der Waals surface area contributed by atoms with Crippen LogP contribution in [-0.4, -0.2) is 20.7 Å². The summed E-state index contributed by atoms with van der Waals surface area (Å²) in [4.78, 5) is 11.0. The lowest BCUT2D eigenvalue weighted by atomic mass is 10.1. The molecule has 2 aromatic rings. The normalized spacial score (nSPS) is 10.8. The van der Waals surface area contributed by atoms with E-state index in [2.05, 4.69) is 10.2 Å². The summed E-state index contributed by atoms with van der Waals surface area (Å²) in [6.07, 6.45) is 0. The Bertz CT molecular complexity index is 658. The third-order valence-corrected chi connectivity index (χ3v) is 4.00. The van der Waals surface area contributed by atoms with Gasteiger partial charge in [-0.1, -0.05) is 17.8 Å². The van der Waals surface area contributed by atoms with Crippen molar-refractivity contribution in [2.45, 2.75) is 30.9 Å². The maximum atomic E-state index is 13.9. The number of hydrogen-bond donors (Lipinski definition) is 2. The van der Waals surface area contributed by atoms with E-state index in [0.29, 0.717) is 35.4 Å². The molecule has 0 aliphatic rings. The number of aromatic nitrogens is 3. The number of primary amides is 1. The Labute approximate surface area is 125 Å². The highest BCUT2D eigenvalue weighted by Gasteiger charge is 2.12. The van der Waals surface area contributed by atoms with Gasteiger partial charge < -0.3 is 16.0 Å². The highest BCUT2D eigenvalue weighted by Crippen LogP contribution is 2.23. The Balaban J connectivity index is 2.13. The first kappa shape index (κ1) is 15.5. The lowest BCUT2D eigenvalue weighted by Crippen LogP contribution is -2.11. The summed E-state index contributed by atoms with van der Waals surface area (Å²) in [5.41, 5.74) is 11.3. The van der Waals surface area contributed by atoms with E-state index < -0.39 is 11.7 Å². The standard InChI is InChI=1S/C13H16FN5OS/c1-2-19-11(6-15)17-18-13(19)21-7-9-4-3-8(12(16)20)5-10(9)14/h3-5H,2,6-7,15H2,1H3,(H2,16,20). The van der Waals surface area contributed by atoms with Crippen LogP contribution in [0.15, 0.2) is 23.4 Å². The Morgan fingerprint density at radius 1 is 1.43 bits per heavy atom. The molecule has 1 aromatic carbocycles. The zero-order chi connectivity index (χ0) is 15.4. The van der Waals surface area contributed by atoms with Crippen molar-refractivity contribution in [3.05, 3.63) is 41.0 Å². The fourth-order valence-electron chi connectivity index (χ4n) is 1.85. The Morgan fingerprint density at radius 2 is 2.19 bits per heavy atom. The molecule has 21 heavy (non-hydrogen) atoms. The largest absolute Gasteiger partial charge is 0.366 e. The fraction of sp³-hybridized carbons (Fsp3) is 0.308. The molecule has 112 valence electrons. The molecule has 0 spiro atoms. The van der Waals surface area contributed by atoms with Crippen molar-refractivity contribution in [2.75, 3.05) is 0 Å². The molecule has 0 radical (unpaired) electrons. The van der Waals surface area contributed by atoms with Crippen LogP contribution in [0.5, 0.6) is 0 Å². The van der Waals surface area contributed by atoms with Crippen molar-refractivity contribution < 1.29 is 9.18 Å². The van der Waals surface area contributed by atoms with Gasteiger partial charge in [0.2, 0.25) is 5.91 Å². The number of nitrogens with two attached hydrogens (primary N) is 2. The van der Waals surface area contributed by atoms with Crippen LogP contribution in [0.2, 0.25) is 0 Å². The first-order chi connectivity index (χ1) is 10.1. The van der Waals surface area contributed by atoms with Crippen molar-refractivity contribution in [2.24, 2.45) is 11.5 Å². The molecule has 1 aromatic heterocycles. The third kappa shape index (κ3) is 3.40. The minimum absolute atomic E-state index is 0.156. The summed E-state index contributed by atoms with van der Waals surface area (Å²) in [6, 6.07) is 4.21. The minimum atomic E-state index is -0.647. The highest BCUT2D eigenvalue weighted by molar-refractivity contribution is 7.98. The molecule has 0 aliphatic carbocycles. The SMILES string of the molecule is CCn1c(CN)nnc1SCc1ccc(C(N)=O)cc1F. The van der Waals surface area contributed by atoms with E-state index in [0.717, 1.165) is 6.07 Å². The zero-order valence-electron chi connectivity index (χ0n) is 11.5. The van der Waals surface area contributed by atoms with Crippen LogP contribution in [0.1, 0.15) is 28.7 Å². The molecule has 1 heterocycles. The molecule has 8 heteroatoms. The second kappa shape index (κ2) is 6.68. The van der Waals surface area contributed by atoms with Gasteiger partial charge >= 0.3 is 0 Å². The van der Waals surface area contributed by atoms with Crippen LogP contribution in [-0.2, 0) is 18.8 Å². The fourth-order valence-corrected chi connectivity index (χ4v) is 2.86. The van der Waals surface area contributed by atoms with Crippen LogP contribution in [0, 0.1) is 5.82 Å². The molecule has 0 fully saturated rings. The van der Waals surface area contributed by atoms with E-state index >= 15 is 0 Å². The van der Waals surface area contributed by atoms with Crippen molar-refractivity contribution in [1.29, 1.82) is 0 Å². The van der Waals surface area contributed by atoms with Crippen LogP contribution in [0.4, 0.5) is 4.39 Å². The van der Waals surface area contributed by atoms with Gasteiger partial charge in [0.05, 0.1) is 6.54 Å². The number of nitrogens with zero attached hydrogens (tertiary/aromatic N) is 3. The molecule has 0 saturated carbocycles. The van der Waals surface area contributed by atoms with Crippen molar-refractivity contribution >= 4 is 17.7 Å². The summed E-state index contributed by atoms with van der Waals surface area (Å²) >= 11 is 1.37. The summed E-state index contributed by atoms with van der Waals surface area (Å²) in [5, 5.41) is 8.73. The van der Waals surface area contributed by atoms with Gasteiger partial charge in [-0.05, 0) is 24.6 Å². The number of halogens is 1. The van der Waals surface area contributed by atoms with Crippen LogP contribution < -0.4 is 11.5 Å². The molecule has 6 nitrogen and oxygen atoms in total. The average Bonchev–Trinajstić information content (AvgIpc) is 2.87. The number of benzene rings is 1. The second-order valence-electron chi connectivity index (χ2n) is 4.31. The van der Waals surface area contributed by atoms with Crippen LogP contribution in [0.3, 0.4) is 0 Å². The summed E-state index contributed by atoms with van der Waals surface area (Å²) < 4.78 is 15.8. The molecule has 4 N–H and O–H groups in total. The minimum Gasteiger partial charge on any atom is -0.366 e. The predicted molar refractivity (Wildman–Crippen MR) is 78.1 cm³/mol. The number of carbonyl (C=O) groups is 1. The van der Waals surface area contributed by atoms with Gasteiger partial charge in [0, 0.05) is 17.9 Å². The Kier molecular flexibility index (Phi) is 4.92. The average molecular weight is 309 g/mol. The molecule has 0 atom stereocenters. The second-order valence-corrected chi connectivity index (χ2v) is 5.25. The first-order valence-electron chi connectivity index (χ1n) is 6.40. The maximum Gasteiger partial charge on any atom is 0.248 e. The summed E-state index contributed by atoms with van der Waals surface area (Å²) in [6.45, 7) is 2.98. The van der Waals surface area contributed by atoms with E-state index in [4.69, 9.17) is 11.5 Å². The number of rotatable bonds is 6. The lowest BCUT2D eigenvalue weighted by Gasteiger charge is -2.07. The molecule has 1 amide bonds. The third-order valence-electron chi connectivity index (χ3n) is 2.99. The lowest BCUT2D eigenvalue weighted by molar-refractivity contribution is 0.1000. The smallest absolute Gasteiger partial charge is 0.248 e. The molecular formula is C13H16FN5OS. The topological polar surface area (TPSA) is 99.8 Å². The van der Waals surface area contributed by atoms with Crippen LogP contribution in [0.25, 0.3) is 0 Å². The quantitative estimate of drug-likeness (QED) is 0.783. The van der Waals surface area contributed by atoms with E-state index in [1.165, 1.54) is 17.8 Å². The van der Waals surface area contributed by atoms with Crippen molar-refractivity contribution in [3.63, 3.8) is 0 Å². The van der Waals surface area contributed by atoms with Crippen molar-refractivity contribution in [1.82, 2.24) is 14.8 Å². The monoisotopic (exact) mass is 309 g/mol. The van der Waals surface area contributed by atoms with E-state index in [1.54, 1.807) is 6.07 Å². The van der Waals surface area contributed by atoms with Gasteiger partial charge in [-0.2, -0.15) is 0 Å². The molecule has 0 bridgehead atoms. The maximum absolute atomic E-state index is 13.9. The summed E-state index contributed by atoms with van der Waals surface area (Å²) in [7, 11) is 0.